The molecule has 1 aliphatic rings. The molecule has 0 aromatic heterocycles. The standard InChI is InChI=1S/C19H26F3NO/c1-13(2)10-15-6-7-16(17(12-15)19(20,21)22)11-14(3)18(24)23-8-4-5-9-23/h6-7,12-14H,4-5,8-11H2,1-3H3. The van der Waals surface area contributed by atoms with E-state index in [0.29, 0.717) is 17.9 Å². The zero-order valence-electron chi connectivity index (χ0n) is 14.6. The van der Waals surface area contributed by atoms with E-state index in [9.17, 15) is 18.0 Å². The average Bonchev–Trinajstić information content (AvgIpc) is 3.00. The lowest BCUT2D eigenvalue weighted by Crippen LogP contribution is -2.33. The van der Waals surface area contributed by atoms with Crippen molar-refractivity contribution in [1.82, 2.24) is 4.90 Å². The van der Waals surface area contributed by atoms with Crippen LogP contribution in [0.25, 0.3) is 0 Å². The monoisotopic (exact) mass is 341 g/mol. The maximum Gasteiger partial charge on any atom is 0.416 e. The number of carbonyl (C=O) groups is 1. The van der Waals surface area contributed by atoms with Crippen LogP contribution in [0.4, 0.5) is 13.2 Å². The topological polar surface area (TPSA) is 20.3 Å². The molecule has 1 amide bonds. The second-order valence-electron chi connectivity index (χ2n) is 7.22. The van der Waals surface area contributed by atoms with Crippen LogP contribution in [0.3, 0.4) is 0 Å². The van der Waals surface area contributed by atoms with Gasteiger partial charge < -0.3 is 4.90 Å². The maximum atomic E-state index is 13.4. The average molecular weight is 341 g/mol. The summed E-state index contributed by atoms with van der Waals surface area (Å²) in [5.41, 5.74) is 0.316. The van der Waals surface area contributed by atoms with Crippen LogP contribution in [0, 0.1) is 11.8 Å². The largest absolute Gasteiger partial charge is 0.416 e. The highest BCUT2D eigenvalue weighted by molar-refractivity contribution is 5.79. The van der Waals surface area contributed by atoms with E-state index in [1.54, 1.807) is 24.0 Å². The molecule has 2 nitrogen and oxygen atoms in total. The first-order chi connectivity index (χ1) is 11.2. The minimum absolute atomic E-state index is 0.0353. The summed E-state index contributed by atoms with van der Waals surface area (Å²) in [5.74, 6) is -0.167. The number of likely N-dealkylation sites (tertiary alicyclic amines) is 1. The number of alkyl halides is 3. The van der Waals surface area contributed by atoms with Gasteiger partial charge in [0, 0.05) is 19.0 Å². The van der Waals surface area contributed by atoms with Crippen LogP contribution in [0.1, 0.15) is 50.3 Å². The zero-order valence-corrected chi connectivity index (χ0v) is 14.6. The van der Waals surface area contributed by atoms with Crippen LogP contribution < -0.4 is 0 Å². The molecule has 1 atom stereocenters. The molecule has 1 aliphatic heterocycles. The fourth-order valence-electron chi connectivity index (χ4n) is 3.33. The summed E-state index contributed by atoms with van der Waals surface area (Å²) >= 11 is 0. The van der Waals surface area contributed by atoms with Crippen LogP contribution in [-0.2, 0) is 23.8 Å². The number of benzene rings is 1. The number of nitrogens with zero attached hydrogens (tertiary/aromatic N) is 1. The van der Waals surface area contributed by atoms with Crippen LogP contribution in [-0.4, -0.2) is 23.9 Å². The molecule has 1 heterocycles. The van der Waals surface area contributed by atoms with E-state index in [0.717, 1.165) is 25.9 Å². The Bertz CT molecular complexity index is 574. The normalized spacial score (nSPS) is 16.7. The molecule has 1 fully saturated rings. The van der Waals surface area contributed by atoms with Crippen LogP contribution in [0.5, 0.6) is 0 Å². The van der Waals surface area contributed by atoms with E-state index >= 15 is 0 Å². The van der Waals surface area contributed by atoms with E-state index in [1.807, 2.05) is 13.8 Å². The smallest absolute Gasteiger partial charge is 0.342 e. The highest BCUT2D eigenvalue weighted by Crippen LogP contribution is 2.34. The van der Waals surface area contributed by atoms with Crippen molar-refractivity contribution < 1.29 is 18.0 Å². The molecular formula is C19H26F3NO. The molecule has 0 radical (unpaired) electrons. The Morgan fingerprint density at radius 3 is 2.29 bits per heavy atom. The van der Waals surface area contributed by atoms with Gasteiger partial charge in [-0.15, -0.1) is 0 Å². The second-order valence-corrected chi connectivity index (χ2v) is 7.22. The Kier molecular flexibility index (Phi) is 5.94. The molecule has 0 spiro atoms. The Morgan fingerprint density at radius 2 is 1.75 bits per heavy atom. The Labute approximate surface area is 142 Å². The van der Waals surface area contributed by atoms with E-state index in [1.165, 1.54) is 6.07 Å². The fourth-order valence-corrected chi connectivity index (χ4v) is 3.33. The third-order valence-corrected chi connectivity index (χ3v) is 4.49. The fraction of sp³-hybridized carbons (Fsp3) is 0.632. The summed E-state index contributed by atoms with van der Waals surface area (Å²) in [4.78, 5) is 14.1. The summed E-state index contributed by atoms with van der Waals surface area (Å²) < 4.78 is 40.3. The van der Waals surface area contributed by atoms with Crippen molar-refractivity contribution in [3.63, 3.8) is 0 Å². The first-order valence-corrected chi connectivity index (χ1v) is 8.66. The van der Waals surface area contributed by atoms with Gasteiger partial charge in [0.15, 0.2) is 0 Å². The first kappa shape index (κ1) is 18.8. The Balaban J connectivity index is 2.20. The molecule has 0 bridgehead atoms. The van der Waals surface area contributed by atoms with Crippen LogP contribution >= 0.6 is 0 Å². The number of hydrogen-bond donors (Lipinski definition) is 0. The molecule has 1 saturated heterocycles. The van der Waals surface area contributed by atoms with Gasteiger partial charge in [-0.1, -0.05) is 32.9 Å². The summed E-state index contributed by atoms with van der Waals surface area (Å²) in [6, 6.07) is 4.56. The van der Waals surface area contributed by atoms with Crippen molar-refractivity contribution in [2.24, 2.45) is 11.8 Å². The predicted octanol–water partition coefficient (Wildman–Crippen LogP) is 4.70. The van der Waals surface area contributed by atoms with Gasteiger partial charge in [0.2, 0.25) is 5.91 Å². The molecule has 0 saturated carbocycles. The van der Waals surface area contributed by atoms with E-state index < -0.39 is 17.7 Å². The SMILES string of the molecule is CC(C)Cc1ccc(CC(C)C(=O)N2CCCC2)c(C(F)(F)F)c1. The molecular weight excluding hydrogens is 315 g/mol. The van der Waals surface area contributed by atoms with E-state index in [2.05, 4.69) is 0 Å². The predicted molar refractivity (Wildman–Crippen MR) is 88.7 cm³/mol. The van der Waals surface area contributed by atoms with Gasteiger partial charge in [-0.3, -0.25) is 4.79 Å². The number of rotatable bonds is 5. The van der Waals surface area contributed by atoms with Gasteiger partial charge in [0.25, 0.3) is 0 Å². The molecule has 134 valence electrons. The number of hydrogen-bond acceptors (Lipinski definition) is 1. The Hall–Kier alpha value is -1.52. The van der Waals surface area contributed by atoms with Crippen LogP contribution in [0.15, 0.2) is 18.2 Å². The second kappa shape index (κ2) is 7.58. The quantitative estimate of drug-likeness (QED) is 0.760. The van der Waals surface area contributed by atoms with Gasteiger partial charge in [0.1, 0.15) is 0 Å². The van der Waals surface area contributed by atoms with Crippen molar-refractivity contribution in [3.05, 3.63) is 34.9 Å². The molecule has 0 N–H and O–H groups in total. The van der Waals surface area contributed by atoms with E-state index in [4.69, 9.17) is 0 Å². The molecule has 1 aromatic carbocycles. The van der Waals surface area contributed by atoms with E-state index in [-0.39, 0.29) is 17.9 Å². The molecule has 2 rings (SSSR count). The van der Waals surface area contributed by atoms with Crippen LogP contribution in [0.2, 0.25) is 0 Å². The maximum absolute atomic E-state index is 13.4. The van der Waals surface area contributed by atoms with Gasteiger partial charge in [-0.2, -0.15) is 13.2 Å². The third-order valence-electron chi connectivity index (χ3n) is 4.49. The highest BCUT2D eigenvalue weighted by Gasteiger charge is 2.34. The van der Waals surface area contributed by atoms with Crippen molar-refractivity contribution in [1.29, 1.82) is 0 Å². The van der Waals surface area contributed by atoms with Crippen molar-refractivity contribution in [3.8, 4) is 0 Å². The number of halogens is 3. The summed E-state index contributed by atoms with van der Waals surface area (Å²) in [5, 5.41) is 0. The van der Waals surface area contributed by atoms with Gasteiger partial charge in [-0.05, 0) is 48.8 Å². The van der Waals surface area contributed by atoms with Crippen molar-refractivity contribution in [2.75, 3.05) is 13.1 Å². The molecule has 5 heteroatoms. The molecule has 1 unspecified atom stereocenters. The van der Waals surface area contributed by atoms with Gasteiger partial charge in [0.05, 0.1) is 5.56 Å². The zero-order chi connectivity index (χ0) is 17.9. The lowest BCUT2D eigenvalue weighted by Gasteiger charge is -2.22. The minimum Gasteiger partial charge on any atom is -0.342 e. The summed E-state index contributed by atoms with van der Waals surface area (Å²) in [6.07, 6.45) is -1.68. The van der Waals surface area contributed by atoms with Gasteiger partial charge in [-0.25, -0.2) is 0 Å². The molecule has 0 aliphatic carbocycles. The number of carbonyl (C=O) groups excluding carboxylic acids is 1. The van der Waals surface area contributed by atoms with Gasteiger partial charge >= 0.3 is 6.18 Å². The Morgan fingerprint density at radius 1 is 1.12 bits per heavy atom. The summed E-state index contributed by atoms with van der Waals surface area (Å²) in [7, 11) is 0. The van der Waals surface area contributed by atoms with Crippen molar-refractivity contribution >= 4 is 5.91 Å². The minimum atomic E-state index is -4.39. The lowest BCUT2D eigenvalue weighted by atomic mass is 9.92. The molecule has 24 heavy (non-hydrogen) atoms. The van der Waals surface area contributed by atoms with Crippen molar-refractivity contribution in [2.45, 2.75) is 52.6 Å². The molecule has 1 aromatic rings. The number of amides is 1. The highest BCUT2D eigenvalue weighted by atomic mass is 19.4. The third kappa shape index (κ3) is 4.74. The first-order valence-electron chi connectivity index (χ1n) is 8.66. The lowest BCUT2D eigenvalue weighted by molar-refractivity contribution is -0.139. The summed E-state index contributed by atoms with van der Waals surface area (Å²) in [6.45, 7) is 7.14.